The molecule has 1 aromatic carbocycles. The minimum atomic E-state index is 0. The molecule has 5 heteroatoms. The number of aryl methyl sites for hydroxylation is 1. The smallest absolute Gasteiger partial charge is 0.224 e. The Morgan fingerprint density at radius 3 is 2.55 bits per heavy atom. The van der Waals surface area contributed by atoms with Crippen molar-refractivity contribution in [3.05, 3.63) is 29.8 Å². The van der Waals surface area contributed by atoms with Gasteiger partial charge in [0.15, 0.2) is 0 Å². The molecule has 0 aliphatic heterocycles. The van der Waals surface area contributed by atoms with Gasteiger partial charge < -0.3 is 15.4 Å². The second-order valence-corrected chi connectivity index (χ2v) is 4.76. The second-order valence-electron chi connectivity index (χ2n) is 4.76. The van der Waals surface area contributed by atoms with E-state index in [9.17, 15) is 4.79 Å². The highest BCUT2D eigenvalue weighted by Gasteiger charge is 2.10. The number of carbonyl (C=O) groups is 1. The number of amides is 1. The monoisotopic (exact) mass is 300 g/mol. The quantitative estimate of drug-likeness (QED) is 0.723. The Kier molecular flexibility index (Phi) is 9.86. The molecule has 1 atom stereocenters. The highest BCUT2D eigenvalue weighted by Crippen LogP contribution is 2.11. The first kappa shape index (κ1) is 18.7. The summed E-state index contributed by atoms with van der Waals surface area (Å²) in [4.78, 5) is 11.6. The van der Waals surface area contributed by atoms with E-state index in [1.807, 2.05) is 45.2 Å². The summed E-state index contributed by atoms with van der Waals surface area (Å²) >= 11 is 0. The molecule has 0 aliphatic rings. The zero-order valence-corrected chi connectivity index (χ0v) is 13.3. The molecular weight excluding hydrogens is 276 g/mol. The summed E-state index contributed by atoms with van der Waals surface area (Å²) in [6.45, 7) is 5.93. The van der Waals surface area contributed by atoms with Crippen molar-refractivity contribution < 1.29 is 9.53 Å². The van der Waals surface area contributed by atoms with Gasteiger partial charge in [0.25, 0.3) is 0 Å². The van der Waals surface area contributed by atoms with Crippen LogP contribution in [0.1, 0.15) is 18.9 Å². The largest absolute Gasteiger partial charge is 0.494 e. The number of hydrogen-bond donors (Lipinski definition) is 2. The summed E-state index contributed by atoms with van der Waals surface area (Å²) in [5, 5.41) is 5.89. The molecule has 0 aromatic heterocycles. The fraction of sp³-hybridized carbons (Fsp3) is 0.533. The van der Waals surface area contributed by atoms with E-state index in [0.717, 1.165) is 12.2 Å². The van der Waals surface area contributed by atoms with Crippen LogP contribution in [-0.2, 0) is 4.79 Å². The number of ether oxygens (including phenoxy) is 1. The van der Waals surface area contributed by atoms with E-state index < -0.39 is 0 Å². The van der Waals surface area contributed by atoms with Crippen LogP contribution in [-0.4, -0.2) is 32.7 Å². The van der Waals surface area contributed by atoms with Crippen molar-refractivity contribution in [2.24, 2.45) is 5.92 Å². The van der Waals surface area contributed by atoms with Gasteiger partial charge in [-0.1, -0.05) is 24.6 Å². The van der Waals surface area contributed by atoms with Crippen molar-refractivity contribution in [3.8, 4) is 5.75 Å². The average molecular weight is 301 g/mol. The molecular formula is C15H25ClN2O2. The highest BCUT2D eigenvalue weighted by atomic mass is 35.5. The van der Waals surface area contributed by atoms with E-state index in [1.165, 1.54) is 5.56 Å². The maximum absolute atomic E-state index is 11.6. The highest BCUT2D eigenvalue weighted by molar-refractivity contribution is 5.85. The molecule has 1 aromatic rings. The minimum absolute atomic E-state index is 0. The van der Waals surface area contributed by atoms with Crippen LogP contribution in [0.15, 0.2) is 24.3 Å². The van der Waals surface area contributed by atoms with Crippen molar-refractivity contribution in [1.82, 2.24) is 10.6 Å². The lowest BCUT2D eigenvalue weighted by Crippen LogP contribution is -2.35. The van der Waals surface area contributed by atoms with E-state index in [0.29, 0.717) is 19.7 Å². The number of nitrogens with one attached hydrogen (secondary N) is 2. The van der Waals surface area contributed by atoms with Gasteiger partial charge in [0.1, 0.15) is 5.75 Å². The van der Waals surface area contributed by atoms with Gasteiger partial charge in [-0.2, -0.15) is 0 Å². The Morgan fingerprint density at radius 2 is 1.95 bits per heavy atom. The molecule has 0 heterocycles. The van der Waals surface area contributed by atoms with Gasteiger partial charge in [0, 0.05) is 19.0 Å². The Hall–Kier alpha value is -1.26. The van der Waals surface area contributed by atoms with E-state index in [-0.39, 0.29) is 24.2 Å². The van der Waals surface area contributed by atoms with Gasteiger partial charge >= 0.3 is 0 Å². The summed E-state index contributed by atoms with van der Waals surface area (Å²) in [5.41, 5.74) is 1.22. The Bertz CT molecular complexity index is 382. The van der Waals surface area contributed by atoms with Gasteiger partial charge in [-0.25, -0.2) is 0 Å². The van der Waals surface area contributed by atoms with Crippen molar-refractivity contribution in [1.29, 1.82) is 0 Å². The summed E-state index contributed by atoms with van der Waals surface area (Å²) in [7, 11) is 1.85. The molecule has 4 nitrogen and oxygen atoms in total. The molecule has 1 unspecified atom stereocenters. The molecule has 0 spiro atoms. The molecule has 1 rings (SSSR count). The first-order chi connectivity index (χ1) is 9.13. The molecule has 0 saturated heterocycles. The minimum Gasteiger partial charge on any atom is -0.494 e. The molecule has 0 radical (unpaired) electrons. The summed E-state index contributed by atoms with van der Waals surface area (Å²) in [6, 6.07) is 7.97. The first-order valence-electron chi connectivity index (χ1n) is 6.75. The predicted molar refractivity (Wildman–Crippen MR) is 84.6 cm³/mol. The van der Waals surface area contributed by atoms with E-state index in [1.54, 1.807) is 0 Å². The van der Waals surface area contributed by atoms with Crippen molar-refractivity contribution in [2.75, 3.05) is 26.7 Å². The SMILES string of the molecule is CNCC(C)C(=O)NCCCOc1ccc(C)cc1.Cl. The van der Waals surface area contributed by atoms with Gasteiger partial charge in [0.05, 0.1) is 6.61 Å². The molecule has 0 aliphatic carbocycles. The van der Waals surface area contributed by atoms with E-state index in [2.05, 4.69) is 10.6 Å². The average Bonchev–Trinajstić information content (AvgIpc) is 2.40. The molecule has 0 saturated carbocycles. The number of carbonyl (C=O) groups excluding carboxylic acids is 1. The predicted octanol–water partition coefficient (Wildman–Crippen LogP) is 2.16. The lowest BCUT2D eigenvalue weighted by atomic mass is 10.1. The van der Waals surface area contributed by atoms with Gasteiger partial charge in [-0.3, -0.25) is 4.79 Å². The van der Waals surface area contributed by atoms with Crippen LogP contribution in [0.5, 0.6) is 5.75 Å². The van der Waals surface area contributed by atoms with Crippen molar-refractivity contribution >= 4 is 18.3 Å². The van der Waals surface area contributed by atoms with Crippen LogP contribution in [0.3, 0.4) is 0 Å². The maximum atomic E-state index is 11.6. The molecule has 114 valence electrons. The first-order valence-corrected chi connectivity index (χ1v) is 6.75. The molecule has 1 amide bonds. The van der Waals surface area contributed by atoms with Crippen LogP contribution in [0.25, 0.3) is 0 Å². The summed E-state index contributed by atoms with van der Waals surface area (Å²) in [5.74, 6) is 0.966. The van der Waals surface area contributed by atoms with Crippen LogP contribution < -0.4 is 15.4 Å². The zero-order valence-electron chi connectivity index (χ0n) is 12.4. The molecule has 2 N–H and O–H groups in total. The second kappa shape index (κ2) is 10.5. The third-order valence-corrected chi connectivity index (χ3v) is 2.87. The molecule has 20 heavy (non-hydrogen) atoms. The fourth-order valence-electron chi connectivity index (χ4n) is 1.68. The Morgan fingerprint density at radius 1 is 1.30 bits per heavy atom. The van der Waals surface area contributed by atoms with Gasteiger partial charge in [0.2, 0.25) is 5.91 Å². The molecule has 0 bridgehead atoms. The third-order valence-electron chi connectivity index (χ3n) is 2.87. The summed E-state index contributed by atoms with van der Waals surface area (Å²) < 4.78 is 5.59. The zero-order chi connectivity index (χ0) is 14.1. The Balaban J connectivity index is 0.00000361. The van der Waals surface area contributed by atoms with Gasteiger partial charge in [-0.05, 0) is 32.5 Å². The van der Waals surface area contributed by atoms with Crippen LogP contribution in [0, 0.1) is 12.8 Å². The van der Waals surface area contributed by atoms with Crippen LogP contribution in [0.2, 0.25) is 0 Å². The number of rotatable bonds is 8. The fourth-order valence-corrected chi connectivity index (χ4v) is 1.68. The van der Waals surface area contributed by atoms with Crippen LogP contribution >= 0.6 is 12.4 Å². The van der Waals surface area contributed by atoms with Crippen molar-refractivity contribution in [2.45, 2.75) is 20.3 Å². The van der Waals surface area contributed by atoms with E-state index in [4.69, 9.17) is 4.74 Å². The van der Waals surface area contributed by atoms with Crippen molar-refractivity contribution in [3.63, 3.8) is 0 Å². The normalized spacial score (nSPS) is 11.3. The molecule has 0 fully saturated rings. The number of halogens is 1. The Labute approximate surface area is 127 Å². The number of hydrogen-bond acceptors (Lipinski definition) is 3. The van der Waals surface area contributed by atoms with Gasteiger partial charge in [-0.15, -0.1) is 12.4 Å². The lowest BCUT2D eigenvalue weighted by molar-refractivity contribution is -0.124. The third kappa shape index (κ3) is 7.36. The number of benzene rings is 1. The lowest BCUT2D eigenvalue weighted by Gasteiger charge is -2.11. The maximum Gasteiger partial charge on any atom is 0.224 e. The topological polar surface area (TPSA) is 50.4 Å². The van der Waals surface area contributed by atoms with Crippen LogP contribution in [0.4, 0.5) is 0 Å². The standard InChI is InChI=1S/C15H24N2O2.ClH/c1-12-5-7-14(8-6-12)19-10-4-9-17-15(18)13(2)11-16-3;/h5-8,13,16H,4,9-11H2,1-3H3,(H,17,18);1H. The van der Waals surface area contributed by atoms with E-state index >= 15 is 0 Å². The summed E-state index contributed by atoms with van der Waals surface area (Å²) in [6.07, 6.45) is 0.811.